The van der Waals surface area contributed by atoms with Crippen molar-refractivity contribution in [3.8, 4) is 0 Å². The normalized spacial score (nSPS) is 12.2. The number of anilines is 3. The molecule has 0 aliphatic heterocycles. The number of benzene rings is 1. The molecule has 0 fully saturated rings. The molecule has 2 rings (SSSR count). The van der Waals surface area contributed by atoms with Gasteiger partial charge >= 0.3 is 0 Å². The molecule has 0 bridgehead atoms. The number of hydrogen-bond acceptors (Lipinski definition) is 4. The summed E-state index contributed by atoms with van der Waals surface area (Å²) < 4.78 is 6.24. The van der Waals surface area contributed by atoms with E-state index in [-0.39, 0.29) is 5.04 Å². The Bertz CT molecular complexity index is 696. The Labute approximate surface area is 150 Å². The van der Waals surface area contributed by atoms with Crippen molar-refractivity contribution < 1.29 is 4.43 Å². The van der Waals surface area contributed by atoms with E-state index in [1.54, 1.807) is 12.1 Å². The SMILES string of the molecule is CC(C)(C)[Si](C)(C)OCc1ccc(Nc2nc(Cl)ccc2N)cc1. The standard InChI is InChI=1S/C18H26ClN3OSi/c1-18(2,3)24(4,5)23-12-13-6-8-14(9-7-13)21-17-15(20)10-11-16(19)22-17/h6-11H,12,20H2,1-5H3,(H,21,22). The maximum Gasteiger partial charge on any atom is 0.192 e. The number of nitrogens with zero attached hydrogens (tertiary/aromatic N) is 1. The fourth-order valence-electron chi connectivity index (χ4n) is 1.85. The second-order valence-electron chi connectivity index (χ2n) is 7.44. The molecule has 1 heterocycles. The third-order valence-corrected chi connectivity index (χ3v) is 9.20. The Balaban J connectivity index is 2.02. The fourth-order valence-corrected chi connectivity index (χ4v) is 2.96. The number of hydrogen-bond donors (Lipinski definition) is 2. The zero-order valence-electron chi connectivity index (χ0n) is 15.0. The summed E-state index contributed by atoms with van der Waals surface area (Å²) in [7, 11) is -1.73. The highest BCUT2D eigenvalue weighted by atomic mass is 35.5. The summed E-state index contributed by atoms with van der Waals surface area (Å²) in [5.74, 6) is 0.563. The zero-order chi connectivity index (χ0) is 18.0. The van der Waals surface area contributed by atoms with E-state index in [1.807, 2.05) is 12.1 Å². The van der Waals surface area contributed by atoms with E-state index < -0.39 is 8.32 Å². The number of nitrogen functional groups attached to an aromatic ring is 1. The molecule has 6 heteroatoms. The molecule has 0 saturated heterocycles. The summed E-state index contributed by atoms with van der Waals surface area (Å²) in [6.07, 6.45) is 0. The highest BCUT2D eigenvalue weighted by Gasteiger charge is 2.36. The van der Waals surface area contributed by atoms with E-state index in [0.717, 1.165) is 11.3 Å². The number of pyridine rings is 1. The quantitative estimate of drug-likeness (QED) is 0.537. The minimum atomic E-state index is -1.73. The van der Waals surface area contributed by atoms with Crippen molar-refractivity contribution in [1.82, 2.24) is 4.98 Å². The number of aromatic nitrogens is 1. The Morgan fingerprint density at radius 1 is 1.12 bits per heavy atom. The lowest BCUT2D eigenvalue weighted by Gasteiger charge is -2.36. The molecule has 4 nitrogen and oxygen atoms in total. The molecular weight excluding hydrogens is 338 g/mol. The van der Waals surface area contributed by atoms with Crippen molar-refractivity contribution in [2.45, 2.75) is 45.5 Å². The van der Waals surface area contributed by atoms with Crippen molar-refractivity contribution in [3.05, 3.63) is 47.1 Å². The van der Waals surface area contributed by atoms with Gasteiger partial charge < -0.3 is 15.5 Å². The average Bonchev–Trinajstić information content (AvgIpc) is 2.49. The van der Waals surface area contributed by atoms with Crippen molar-refractivity contribution in [3.63, 3.8) is 0 Å². The number of nitrogens with one attached hydrogen (secondary N) is 1. The van der Waals surface area contributed by atoms with Crippen LogP contribution in [0.25, 0.3) is 0 Å². The van der Waals surface area contributed by atoms with Gasteiger partial charge in [-0.25, -0.2) is 4.98 Å². The third kappa shape index (κ3) is 4.72. The second-order valence-corrected chi connectivity index (χ2v) is 12.6. The van der Waals surface area contributed by atoms with Gasteiger partial charge in [-0.2, -0.15) is 0 Å². The first kappa shape index (κ1) is 18.8. The van der Waals surface area contributed by atoms with Crippen LogP contribution >= 0.6 is 11.6 Å². The van der Waals surface area contributed by atoms with E-state index in [4.69, 9.17) is 21.8 Å². The summed E-state index contributed by atoms with van der Waals surface area (Å²) >= 11 is 5.91. The Kier molecular flexibility index (Phi) is 5.58. The monoisotopic (exact) mass is 363 g/mol. The molecule has 1 aromatic heterocycles. The van der Waals surface area contributed by atoms with Crippen molar-refractivity contribution in [2.24, 2.45) is 0 Å². The smallest absolute Gasteiger partial charge is 0.192 e. The van der Waals surface area contributed by atoms with E-state index in [9.17, 15) is 0 Å². The van der Waals surface area contributed by atoms with E-state index in [2.05, 4.69) is 56.3 Å². The largest absolute Gasteiger partial charge is 0.413 e. The van der Waals surface area contributed by atoms with Crippen molar-refractivity contribution in [2.75, 3.05) is 11.1 Å². The van der Waals surface area contributed by atoms with Crippen LogP contribution in [0.15, 0.2) is 36.4 Å². The van der Waals surface area contributed by atoms with E-state index in [0.29, 0.717) is 23.3 Å². The van der Waals surface area contributed by atoms with Gasteiger partial charge in [-0.15, -0.1) is 0 Å². The van der Waals surface area contributed by atoms with E-state index >= 15 is 0 Å². The maximum atomic E-state index is 6.24. The predicted octanol–water partition coefficient (Wildman–Crippen LogP) is 5.58. The van der Waals surface area contributed by atoms with Crippen LogP contribution < -0.4 is 11.1 Å². The van der Waals surface area contributed by atoms with Crippen LogP contribution in [-0.2, 0) is 11.0 Å². The maximum absolute atomic E-state index is 6.24. The van der Waals surface area contributed by atoms with Crippen molar-refractivity contribution >= 4 is 37.1 Å². The lowest BCUT2D eigenvalue weighted by Crippen LogP contribution is -2.40. The van der Waals surface area contributed by atoms with Crippen LogP contribution in [0.5, 0.6) is 0 Å². The molecule has 130 valence electrons. The summed E-state index contributed by atoms with van der Waals surface area (Å²) in [4.78, 5) is 4.20. The number of nitrogens with two attached hydrogens (primary N) is 1. The molecule has 0 spiro atoms. The van der Waals surface area contributed by atoms with Gasteiger partial charge in [0.2, 0.25) is 0 Å². The van der Waals surface area contributed by atoms with Crippen LogP contribution in [-0.4, -0.2) is 13.3 Å². The first-order valence-corrected chi connectivity index (χ1v) is 11.3. The number of rotatable bonds is 5. The molecular formula is C18H26ClN3OSi. The fraction of sp³-hybridized carbons (Fsp3) is 0.389. The molecule has 0 amide bonds. The second kappa shape index (κ2) is 7.13. The minimum Gasteiger partial charge on any atom is -0.413 e. The van der Waals surface area contributed by atoms with Gasteiger partial charge in [0.15, 0.2) is 14.1 Å². The number of halogens is 1. The summed E-state index contributed by atoms with van der Waals surface area (Å²) in [6.45, 7) is 11.9. The van der Waals surface area contributed by atoms with Gasteiger partial charge in [0.25, 0.3) is 0 Å². The average molecular weight is 364 g/mol. The minimum absolute atomic E-state index is 0.213. The highest BCUT2D eigenvalue weighted by molar-refractivity contribution is 6.74. The Hall–Kier alpha value is -1.56. The van der Waals surface area contributed by atoms with Gasteiger partial charge in [-0.05, 0) is 48.0 Å². The van der Waals surface area contributed by atoms with Crippen LogP contribution in [0.2, 0.25) is 23.3 Å². The Morgan fingerprint density at radius 3 is 2.33 bits per heavy atom. The topological polar surface area (TPSA) is 60.2 Å². The van der Waals surface area contributed by atoms with Crippen molar-refractivity contribution in [1.29, 1.82) is 0 Å². The molecule has 0 aliphatic carbocycles. The van der Waals surface area contributed by atoms with Gasteiger partial charge in [0.05, 0.1) is 12.3 Å². The third-order valence-electron chi connectivity index (χ3n) is 4.52. The predicted molar refractivity (Wildman–Crippen MR) is 105 cm³/mol. The summed E-state index contributed by atoms with van der Waals surface area (Å²) in [6, 6.07) is 11.5. The first-order chi connectivity index (χ1) is 11.1. The van der Waals surface area contributed by atoms with Crippen LogP contribution in [0.1, 0.15) is 26.3 Å². The molecule has 0 saturated carbocycles. The molecule has 0 atom stereocenters. The zero-order valence-corrected chi connectivity index (χ0v) is 16.7. The van der Waals surface area contributed by atoms with Crippen LogP contribution in [0.4, 0.5) is 17.2 Å². The molecule has 1 aromatic carbocycles. The summed E-state index contributed by atoms with van der Waals surface area (Å²) in [5.41, 5.74) is 8.52. The Morgan fingerprint density at radius 2 is 1.75 bits per heavy atom. The molecule has 2 aromatic rings. The van der Waals surface area contributed by atoms with Crippen LogP contribution in [0, 0.1) is 0 Å². The van der Waals surface area contributed by atoms with Gasteiger partial charge in [-0.1, -0.05) is 44.5 Å². The molecule has 0 aliphatic rings. The lowest BCUT2D eigenvalue weighted by atomic mass is 10.2. The van der Waals surface area contributed by atoms with Gasteiger partial charge in [0, 0.05) is 5.69 Å². The molecule has 3 N–H and O–H groups in total. The van der Waals surface area contributed by atoms with Crippen LogP contribution in [0.3, 0.4) is 0 Å². The molecule has 0 radical (unpaired) electrons. The molecule has 0 unspecified atom stereocenters. The first-order valence-electron chi connectivity index (χ1n) is 8.00. The molecule has 24 heavy (non-hydrogen) atoms. The van der Waals surface area contributed by atoms with Gasteiger partial charge in [-0.3, -0.25) is 0 Å². The lowest BCUT2D eigenvalue weighted by molar-refractivity contribution is 0.276. The van der Waals surface area contributed by atoms with E-state index in [1.165, 1.54) is 0 Å². The summed E-state index contributed by atoms with van der Waals surface area (Å²) in [5, 5.41) is 3.81. The van der Waals surface area contributed by atoms with Gasteiger partial charge in [0.1, 0.15) is 5.15 Å². The highest BCUT2D eigenvalue weighted by Crippen LogP contribution is 2.37.